The highest BCUT2D eigenvalue weighted by atomic mass is 79.9. The van der Waals surface area contributed by atoms with Gasteiger partial charge in [-0.05, 0) is 42.8 Å². The van der Waals surface area contributed by atoms with E-state index in [1.807, 2.05) is 24.3 Å². The first-order valence-corrected chi connectivity index (χ1v) is 8.73. The lowest BCUT2D eigenvalue weighted by Gasteiger charge is -2.04. The Labute approximate surface area is 145 Å². The summed E-state index contributed by atoms with van der Waals surface area (Å²) in [5, 5.41) is 2.87. The third kappa shape index (κ3) is 6.10. The highest BCUT2D eigenvalue weighted by Crippen LogP contribution is 2.18. The van der Waals surface area contributed by atoms with Gasteiger partial charge >= 0.3 is 0 Å². The number of ether oxygens (including phenoxy) is 1. The molecule has 4 nitrogen and oxygen atoms in total. The Kier molecular flexibility index (Phi) is 7.20. The van der Waals surface area contributed by atoms with Crippen LogP contribution in [0, 0.1) is 0 Å². The van der Waals surface area contributed by atoms with Gasteiger partial charge in [0.15, 0.2) is 5.76 Å². The van der Waals surface area contributed by atoms with Gasteiger partial charge in [0.2, 0.25) is 0 Å². The van der Waals surface area contributed by atoms with Crippen molar-refractivity contribution in [3.63, 3.8) is 0 Å². The molecule has 1 aromatic heterocycles. The molecule has 0 atom stereocenters. The molecule has 124 valence electrons. The number of benzene rings is 1. The molecule has 0 aliphatic carbocycles. The van der Waals surface area contributed by atoms with Gasteiger partial charge in [-0.3, -0.25) is 4.79 Å². The zero-order chi connectivity index (χ0) is 16.5. The summed E-state index contributed by atoms with van der Waals surface area (Å²) in [6, 6.07) is 11.0. The smallest absolute Gasteiger partial charge is 0.286 e. The minimum atomic E-state index is -0.170. The summed E-state index contributed by atoms with van der Waals surface area (Å²) in [6.45, 7) is 3.15. The summed E-state index contributed by atoms with van der Waals surface area (Å²) >= 11 is 3.38. The highest BCUT2D eigenvalue weighted by Gasteiger charge is 2.10. The average Bonchev–Trinajstić information content (AvgIpc) is 3.03. The number of hydrogen-bond donors (Lipinski definition) is 1. The Hall–Kier alpha value is -1.75. The van der Waals surface area contributed by atoms with Crippen molar-refractivity contribution in [2.24, 2.45) is 0 Å². The van der Waals surface area contributed by atoms with Gasteiger partial charge in [0.25, 0.3) is 5.91 Å². The fraction of sp³-hybridized carbons (Fsp3) is 0.389. The van der Waals surface area contributed by atoms with Gasteiger partial charge in [-0.25, -0.2) is 0 Å². The number of furan rings is 1. The molecule has 0 aliphatic heterocycles. The van der Waals surface area contributed by atoms with Crippen LogP contribution < -0.4 is 10.1 Å². The van der Waals surface area contributed by atoms with Gasteiger partial charge in [-0.1, -0.05) is 42.1 Å². The van der Waals surface area contributed by atoms with E-state index in [9.17, 15) is 4.79 Å². The summed E-state index contributed by atoms with van der Waals surface area (Å²) in [5.41, 5.74) is 0. The Morgan fingerprint density at radius 3 is 2.65 bits per heavy atom. The van der Waals surface area contributed by atoms with Crippen LogP contribution in [-0.4, -0.2) is 12.5 Å². The van der Waals surface area contributed by atoms with Crippen molar-refractivity contribution in [2.75, 3.05) is 6.54 Å². The molecule has 1 amide bonds. The van der Waals surface area contributed by atoms with Crippen LogP contribution in [0.2, 0.25) is 0 Å². The molecular formula is C18H22BrNO3. The van der Waals surface area contributed by atoms with Crippen LogP contribution in [0.15, 0.2) is 45.3 Å². The minimum Gasteiger partial charge on any atom is -0.486 e. The molecule has 0 radical (unpaired) electrons. The van der Waals surface area contributed by atoms with Crippen LogP contribution in [-0.2, 0) is 6.61 Å². The van der Waals surface area contributed by atoms with E-state index in [-0.39, 0.29) is 5.91 Å². The molecule has 0 spiro atoms. The monoisotopic (exact) mass is 379 g/mol. The standard InChI is InChI=1S/C18H22BrNO3/c1-2-3-4-5-12-20-18(21)17-11-10-16(23-17)13-22-15-8-6-14(19)7-9-15/h6-11H,2-5,12-13H2,1H3,(H,20,21). The number of carbonyl (C=O) groups excluding carboxylic acids is 1. The maximum Gasteiger partial charge on any atom is 0.286 e. The first-order chi connectivity index (χ1) is 11.2. The number of rotatable bonds is 9. The number of hydrogen-bond acceptors (Lipinski definition) is 3. The second kappa shape index (κ2) is 9.40. The Balaban J connectivity index is 1.76. The zero-order valence-electron chi connectivity index (χ0n) is 13.3. The fourth-order valence-electron chi connectivity index (χ4n) is 2.10. The average molecular weight is 380 g/mol. The summed E-state index contributed by atoms with van der Waals surface area (Å²) in [4.78, 5) is 12.0. The maximum atomic E-state index is 12.0. The molecule has 0 aliphatic rings. The summed E-state index contributed by atoms with van der Waals surface area (Å²) in [5.74, 6) is 1.54. The van der Waals surface area contributed by atoms with Crippen LogP contribution in [0.5, 0.6) is 5.75 Å². The predicted molar refractivity (Wildman–Crippen MR) is 93.7 cm³/mol. The molecule has 1 heterocycles. The van der Waals surface area contributed by atoms with Crippen LogP contribution in [0.4, 0.5) is 0 Å². The van der Waals surface area contributed by atoms with E-state index in [2.05, 4.69) is 28.2 Å². The Morgan fingerprint density at radius 1 is 1.13 bits per heavy atom. The van der Waals surface area contributed by atoms with E-state index in [0.29, 0.717) is 24.7 Å². The zero-order valence-corrected chi connectivity index (χ0v) is 14.9. The largest absolute Gasteiger partial charge is 0.486 e. The third-order valence-corrected chi connectivity index (χ3v) is 3.92. The molecular weight excluding hydrogens is 358 g/mol. The quantitative estimate of drug-likeness (QED) is 0.628. The van der Waals surface area contributed by atoms with Crippen LogP contribution >= 0.6 is 15.9 Å². The maximum absolute atomic E-state index is 12.0. The van der Waals surface area contributed by atoms with E-state index in [4.69, 9.17) is 9.15 Å². The van der Waals surface area contributed by atoms with Crippen molar-refractivity contribution in [1.29, 1.82) is 0 Å². The normalized spacial score (nSPS) is 10.5. The minimum absolute atomic E-state index is 0.170. The Morgan fingerprint density at radius 2 is 1.91 bits per heavy atom. The van der Waals surface area contributed by atoms with Gasteiger partial charge in [0, 0.05) is 11.0 Å². The van der Waals surface area contributed by atoms with E-state index in [1.54, 1.807) is 12.1 Å². The molecule has 0 fully saturated rings. The second-order valence-corrected chi connectivity index (χ2v) is 6.24. The molecule has 2 aromatic rings. The van der Waals surface area contributed by atoms with Crippen molar-refractivity contribution < 1.29 is 13.9 Å². The molecule has 0 saturated heterocycles. The van der Waals surface area contributed by atoms with Gasteiger partial charge < -0.3 is 14.5 Å². The van der Waals surface area contributed by atoms with Crippen molar-refractivity contribution >= 4 is 21.8 Å². The molecule has 2 rings (SSSR count). The van der Waals surface area contributed by atoms with E-state index >= 15 is 0 Å². The van der Waals surface area contributed by atoms with Crippen molar-refractivity contribution in [3.8, 4) is 5.75 Å². The lowest BCUT2D eigenvalue weighted by atomic mass is 10.2. The molecule has 1 aromatic carbocycles. The SMILES string of the molecule is CCCCCCNC(=O)c1ccc(COc2ccc(Br)cc2)o1. The van der Waals surface area contributed by atoms with Crippen molar-refractivity contribution in [1.82, 2.24) is 5.32 Å². The molecule has 0 saturated carbocycles. The Bertz CT molecular complexity index is 607. The first-order valence-electron chi connectivity index (χ1n) is 7.94. The van der Waals surface area contributed by atoms with Crippen LogP contribution in [0.3, 0.4) is 0 Å². The van der Waals surface area contributed by atoms with Gasteiger partial charge in [0.05, 0.1) is 0 Å². The lowest BCUT2D eigenvalue weighted by Crippen LogP contribution is -2.23. The molecule has 23 heavy (non-hydrogen) atoms. The molecule has 0 unspecified atom stereocenters. The second-order valence-electron chi connectivity index (χ2n) is 5.33. The number of carbonyl (C=O) groups is 1. The molecule has 0 bridgehead atoms. The summed E-state index contributed by atoms with van der Waals surface area (Å²) in [6.07, 6.45) is 4.53. The van der Waals surface area contributed by atoms with E-state index in [1.165, 1.54) is 12.8 Å². The predicted octanol–water partition coefficient (Wildman–Crippen LogP) is 4.93. The number of nitrogens with one attached hydrogen (secondary N) is 1. The van der Waals surface area contributed by atoms with Crippen molar-refractivity contribution in [3.05, 3.63) is 52.4 Å². The highest BCUT2D eigenvalue weighted by molar-refractivity contribution is 9.10. The van der Waals surface area contributed by atoms with Crippen LogP contribution in [0.25, 0.3) is 0 Å². The van der Waals surface area contributed by atoms with E-state index in [0.717, 1.165) is 23.1 Å². The number of unbranched alkanes of at least 4 members (excludes halogenated alkanes) is 3. The fourth-order valence-corrected chi connectivity index (χ4v) is 2.37. The third-order valence-electron chi connectivity index (χ3n) is 3.40. The van der Waals surface area contributed by atoms with Gasteiger partial charge in [0.1, 0.15) is 18.1 Å². The van der Waals surface area contributed by atoms with E-state index < -0.39 is 0 Å². The van der Waals surface area contributed by atoms with Gasteiger partial charge in [-0.2, -0.15) is 0 Å². The summed E-state index contributed by atoms with van der Waals surface area (Å²) in [7, 11) is 0. The lowest BCUT2D eigenvalue weighted by molar-refractivity contribution is 0.0921. The first kappa shape index (κ1) is 17.6. The van der Waals surface area contributed by atoms with Gasteiger partial charge in [-0.15, -0.1) is 0 Å². The molecule has 5 heteroatoms. The summed E-state index contributed by atoms with van der Waals surface area (Å²) < 4.78 is 12.1. The van der Waals surface area contributed by atoms with Crippen molar-refractivity contribution in [2.45, 2.75) is 39.2 Å². The number of halogens is 1. The number of amides is 1. The molecule has 1 N–H and O–H groups in total. The topological polar surface area (TPSA) is 51.5 Å². The van der Waals surface area contributed by atoms with Crippen LogP contribution in [0.1, 0.15) is 48.9 Å².